The van der Waals surface area contributed by atoms with E-state index in [0.29, 0.717) is 31.7 Å². The molecule has 1 N–H and O–H groups in total. The van der Waals surface area contributed by atoms with Gasteiger partial charge in [-0.05, 0) is 80.4 Å². The van der Waals surface area contributed by atoms with Crippen molar-refractivity contribution in [2.45, 2.75) is 107 Å². The molecule has 196 valence electrons. The summed E-state index contributed by atoms with van der Waals surface area (Å²) in [6.07, 6.45) is 6.53. The van der Waals surface area contributed by atoms with Crippen LogP contribution in [0.3, 0.4) is 0 Å². The second-order valence-corrected chi connectivity index (χ2v) is 11.4. The first-order chi connectivity index (χ1) is 16.6. The Bertz CT molecular complexity index is 828. The number of carboxylic acids is 1. The van der Waals surface area contributed by atoms with E-state index >= 15 is 4.39 Å². The number of hydrogen-bond acceptors (Lipinski definition) is 2. The number of nitrogens with zero attached hydrogens (tertiary/aromatic N) is 1. The van der Waals surface area contributed by atoms with E-state index in [4.69, 9.17) is 0 Å². The first-order valence-corrected chi connectivity index (χ1v) is 13.4. The first-order valence-electron chi connectivity index (χ1n) is 13.4. The monoisotopic (exact) mass is 497 g/mol. The van der Waals surface area contributed by atoms with Crippen LogP contribution in [0.25, 0.3) is 0 Å². The Morgan fingerprint density at radius 3 is 2.20 bits per heavy atom. The summed E-state index contributed by atoms with van der Waals surface area (Å²) >= 11 is 0. The summed E-state index contributed by atoms with van der Waals surface area (Å²) in [4.78, 5) is 13.8. The van der Waals surface area contributed by atoms with E-state index in [2.05, 4.69) is 4.90 Å². The molecule has 0 radical (unpaired) electrons. The molecule has 0 saturated heterocycles. The Balaban J connectivity index is 1.61. The van der Waals surface area contributed by atoms with Gasteiger partial charge in [-0.25, -0.2) is 4.39 Å². The van der Waals surface area contributed by atoms with E-state index in [1.807, 2.05) is 0 Å². The van der Waals surface area contributed by atoms with Crippen LogP contribution in [0.5, 0.6) is 0 Å². The van der Waals surface area contributed by atoms with E-state index in [9.17, 15) is 23.1 Å². The molecule has 0 spiro atoms. The standard InChI is InChI=1S/C28H39F4NO2/c29-27(14-4-1-5-15-27)19-33(18-20-6-2-3-7-20)25-13-8-21(17-26(34)35)16-24(25)22-9-11-23(12-10-22)28(30,31)32/h9-12,20-21,24-25H,1-8,13-19H2,(H,34,35). The van der Waals surface area contributed by atoms with Gasteiger partial charge in [-0.1, -0.05) is 44.2 Å². The highest BCUT2D eigenvalue weighted by Crippen LogP contribution is 2.44. The van der Waals surface area contributed by atoms with Crippen molar-refractivity contribution < 1.29 is 27.5 Å². The van der Waals surface area contributed by atoms with Crippen molar-refractivity contribution in [1.82, 2.24) is 4.90 Å². The molecule has 0 aliphatic heterocycles. The van der Waals surface area contributed by atoms with Gasteiger partial charge < -0.3 is 5.11 Å². The smallest absolute Gasteiger partial charge is 0.416 e. The molecule has 1 aromatic rings. The Morgan fingerprint density at radius 2 is 1.60 bits per heavy atom. The van der Waals surface area contributed by atoms with Gasteiger partial charge in [-0.2, -0.15) is 13.2 Å². The molecule has 0 bridgehead atoms. The number of aliphatic carboxylic acids is 1. The van der Waals surface area contributed by atoms with Gasteiger partial charge >= 0.3 is 12.1 Å². The lowest BCUT2D eigenvalue weighted by Gasteiger charge is -2.46. The van der Waals surface area contributed by atoms with Crippen molar-refractivity contribution in [3.8, 4) is 0 Å². The Labute approximate surface area is 206 Å². The molecule has 3 nitrogen and oxygen atoms in total. The molecular formula is C28H39F4NO2. The van der Waals surface area contributed by atoms with Crippen molar-refractivity contribution >= 4 is 5.97 Å². The van der Waals surface area contributed by atoms with Crippen LogP contribution < -0.4 is 0 Å². The number of alkyl halides is 4. The minimum absolute atomic E-state index is 0.0154. The molecule has 35 heavy (non-hydrogen) atoms. The average Bonchev–Trinajstić information content (AvgIpc) is 3.31. The summed E-state index contributed by atoms with van der Waals surface area (Å²) in [7, 11) is 0. The SMILES string of the molecule is O=C(O)CC1CCC(N(CC2CCCC2)CC2(F)CCCCC2)C(c2ccc(C(F)(F)F)cc2)C1. The van der Waals surface area contributed by atoms with Crippen molar-refractivity contribution in [2.75, 3.05) is 13.1 Å². The summed E-state index contributed by atoms with van der Waals surface area (Å²) in [5.41, 5.74) is -1.08. The molecule has 0 aromatic heterocycles. The predicted molar refractivity (Wildman–Crippen MR) is 128 cm³/mol. The van der Waals surface area contributed by atoms with E-state index in [1.54, 1.807) is 12.1 Å². The molecule has 3 atom stereocenters. The fourth-order valence-electron chi connectivity index (χ4n) is 6.94. The molecule has 7 heteroatoms. The summed E-state index contributed by atoms with van der Waals surface area (Å²) in [5.74, 6) is -0.415. The maximum atomic E-state index is 16.0. The lowest BCUT2D eigenvalue weighted by molar-refractivity contribution is -0.139. The molecular weight excluding hydrogens is 458 g/mol. The highest BCUT2D eigenvalue weighted by Gasteiger charge is 2.42. The largest absolute Gasteiger partial charge is 0.481 e. The van der Waals surface area contributed by atoms with Gasteiger partial charge in [0.15, 0.2) is 0 Å². The third kappa shape index (κ3) is 6.99. The van der Waals surface area contributed by atoms with Crippen LogP contribution in [0.1, 0.15) is 101 Å². The van der Waals surface area contributed by atoms with Crippen LogP contribution in [0.2, 0.25) is 0 Å². The van der Waals surface area contributed by atoms with E-state index in [1.165, 1.54) is 12.8 Å². The Hall–Kier alpha value is -1.63. The topological polar surface area (TPSA) is 40.5 Å². The summed E-state index contributed by atoms with van der Waals surface area (Å²) < 4.78 is 55.5. The van der Waals surface area contributed by atoms with Gasteiger partial charge in [0.25, 0.3) is 0 Å². The van der Waals surface area contributed by atoms with Gasteiger partial charge in [0, 0.05) is 25.6 Å². The minimum Gasteiger partial charge on any atom is -0.481 e. The van der Waals surface area contributed by atoms with Crippen molar-refractivity contribution in [3.63, 3.8) is 0 Å². The summed E-state index contributed by atoms with van der Waals surface area (Å²) in [6, 6.07) is 5.40. The van der Waals surface area contributed by atoms with Gasteiger partial charge in [0.1, 0.15) is 5.67 Å². The number of carbonyl (C=O) groups is 1. The maximum Gasteiger partial charge on any atom is 0.416 e. The molecule has 3 aliphatic rings. The average molecular weight is 498 g/mol. The number of rotatable bonds is 8. The van der Waals surface area contributed by atoms with Gasteiger partial charge in [0.05, 0.1) is 5.56 Å². The molecule has 4 rings (SSSR count). The lowest BCUT2D eigenvalue weighted by atomic mass is 9.72. The summed E-state index contributed by atoms with van der Waals surface area (Å²) in [6.45, 7) is 1.21. The van der Waals surface area contributed by atoms with E-state index in [0.717, 1.165) is 69.2 Å². The molecule has 3 aliphatic carbocycles. The van der Waals surface area contributed by atoms with Crippen LogP contribution >= 0.6 is 0 Å². The Morgan fingerprint density at radius 1 is 0.943 bits per heavy atom. The zero-order valence-corrected chi connectivity index (χ0v) is 20.5. The molecule has 3 fully saturated rings. The molecule has 1 aromatic carbocycles. The van der Waals surface area contributed by atoms with Gasteiger partial charge in [-0.3, -0.25) is 9.69 Å². The molecule has 0 amide bonds. The van der Waals surface area contributed by atoms with Crippen LogP contribution in [0.4, 0.5) is 17.6 Å². The zero-order valence-electron chi connectivity index (χ0n) is 20.5. The number of halogens is 4. The normalized spacial score (nSPS) is 27.9. The van der Waals surface area contributed by atoms with Crippen LogP contribution in [0, 0.1) is 11.8 Å². The van der Waals surface area contributed by atoms with Crippen molar-refractivity contribution in [2.24, 2.45) is 11.8 Å². The fraction of sp³-hybridized carbons (Fsp3) is 0.750. The second-order valence-electron chi connectivity index (χ2n) is 11.4. The quantitative estimate of drug-likeness (QED) is 0.376. The lowest BCUT2D eigenvalue weighted by Crippen LogP contribution is -2.51. The second kappa shape index (κ2) is 11.2. The minimum atomic E-state index is -4.40. The fourth-order valence-corrected chi connectivity index (χ4v) is 6.94. The zero-order chi connectivity index (χ0) is 25.1. The van der Waals surface area contributed by atoms with Crippen LogP contribution in [0.15, 0.2) is 24.3 Å². The number of benzene rings is 1. The van der Waals surface area contributed by atoms with Gasteiger partial charge in [0.2, 0.25) is 0 Å². The third-order valence-electron chi connectivity index (χ3n) is 8.72. The first kappa shape index (κ1) is 26.4. The van der Waals surface area contributed by atoms with Gasteiger partial charge in [-0.15, -0.1) is 0 Å². The van der Waals surface area contributed by atoms with E-state index < -0.39 is 23.4 Å². The molecule has 0 heterocycles. The maximum absolute atomic E-state index is 16.0. The van der Waals surface area contributed by atoms with Crippen molar-refractivity contribution in [3.05, 3.63) is 35.4 Å². The van der Waals surface area contributed by atoms with Crippen LogP contribution in [-0.4, -0.2) is 40.8 Å². The predicted octanol–water partition coefficient (Wildman–Crippen LogP) is 7.60. The Kier molecular flexibility index (Phi) is 8.45. The summed E-state index contributed by atoms with van der Waals surface area (Å²) in [5, 5.41) is 9.38. The van der Waals surface area contributed by atoms with Crippen molar-refractivity contribution in [1.29, 1.82) is 0 Å². The molecule has 3 saturated carbocycles. The van der Waals surface area contributed by atoms with E-state index in [-0.39, 0.29) is 24.3 Å². The number of carboxylic acid groups (broad SMARTS) is 1. The highest BCUT2D eigenvalue weighted by molar-refractivity contribution is 5.67. The van der Waals surface area contributed by atoms with Crippen LogP contribution in [-0.2, 0) is 11.0 Å². The third-order valence-corrected chi connectivity index (χ3v) is 8.72. The number of hydrogen-bond donors (Lipinski definition) is 1. The highest BCUT2D eigenvalue weighted by atomic mass is 19.4. The molecule has 3 unspecified atom stereocenters.